The number of hydrogen-bond donors (Lipinski definition) is 1. The van der Waals surface area contributed by atoms with Crippen molar-refractivity contribution in [3.8, 4) is 0 Å². The van der Waals surface area contributed by atoms with Crippen molar-refractivity contribution in [1.29, 1.82) is 0 Å². The van der Waals surface area contributed by atoms with E-state index in [9.17, 15) is 0 Å². The number of pyridine rings is 1. The topological polar surface area (TPSA) is 53.9 Å². The molecule has 0 unspecified atom stereocenters. The van der Waals surface area contributed by atoms with Crippen LogP contribution in [0, 0.1) is 0 Å². The fourth-order valence-electron chi connectivity index (χ4n) is 2.31. The van der Waals surface area contributed by atoms with E-state index < -0.39 is 0 Å². The lowest BCUT2D eigenvalue weighted by Gasteiger charge is -2.22. The summed E-state index contributed by atoms with van der Waals surface area (Å²) < 4.78 is 0. The van der Waals surface area contributed by atoms with Crippen LogP contribution in [0.15, 0.2) is 30.7 Å². The van der Waals surface area contributed by atoms with Gasteiger partial charge in [0.05, 0.1) is 0 Å². The maximum absolute atomic E-state index is 4.46. The zero-order valence-corrected chi connectivity index (χ0v) is 13.0. The lowest BCUT2D eigenvalue weighted by molar-refractivity contribution is 0.825. The first kappa shape index (κ1) is 15.2. The van der Waals surface area contributed by atoms with Crippen LogP contribution in [0.4, 0.5) is 11.6 Å². The first-order valence-electron chi connectivity index (χ1n) is 7.45. The molecule has 0 aromatic carbocycles. The minimum absolute atomic E-state index is 0.862. The van der Waals surface area contributed by atoms with Crippen LogP contribution in [0.2, 0.25) is 0 Å². The molecule has 0 radical (unpaired) electrons. The molecule has 0 bridgehead atoms. The van der Waals surface area contributed by atoms with Crippen LogP contribution >= 0.6 is 0 Å². The van der Waals surface area contributed by atoms with Crippen molar-refractivity contribution < 1.29 is 0 Å². The summed E-state index contributed by atoms with van der Waals surface area (Å²) in [6.45, 7) is 5.95. The molecule has 0 spiro atoms. The predicted molar refractivity (Wildman–Crippen MR) is 86.8 cm³/mol. The summed E-state index contributed by atoms with van der Waals surface area (Å²) in [5, 5.41) is 3.31. The highest BCUT2D eigenvalue weighted by atomic mass is 15.2. The largest absolute Gasteiger partial charge is 0.370 e. The minimum Gasteiger partial charge on any atom is -0.370 e. The molecule has 5 nitrogen and oxygen atoms in total. The van der Waals surface area contributed by atoms with E-state index in [1.54, 1.807) is 6.33 Å². The average molecular weight is 285 g/mol. The van der Waals surface area contributed by atoms with E-state index in [2.05, 4.69) is 52.1 Å². The Balaban J connectivity index is 2.11. The van der Waals surface area contributed by atoms with Gasteiger partial charge in [-0.2, -0.15) is 0 Å². The lowest BCUT2D eigenvalue weighted by atomic mass is 10.2. The summed E-state index contributed by atoms with van der Waals surface area (Å²) in [5.74, 6) is 1.94. The van der Waals surface area contributed by atoms with Gasteiger partial charge in [-0.3, -0.25) is 4.98 Å². The molecule has 0 aliphatic rings. The maximum Gasteiger partial charge on any atom is 0.137 e. The number of anilines is 2. The number of likely N-dealkylation sites (N-methyl/N-ethyl adjacent to an activating group) is 1. The minimum atomic E-state index is 0.862. The van der Waals surface area contributed by atoms with Crippen LogP contribution in [0.1, 0.15) is 25.1 Å². The van der Waals surface area contributed by atoms with Gasteiger partial charge in [0, 0.05) is 44.0 Å². The zero-order valence-electron chi connectivity index (χ0n) is 13.0. The van der Waals surface area contributed by atoms with Crippen molar-refractivity contribution in [2.24, 2.45) is 0 Å². The van der Waals surface area contributed by atoms with Crippen LogP contribution in [0.25, 0.3) is 0 Å². The van der Waals surface area contributed by atoms with Crippen molar-refractivity contribution in [1.82, 2.24) is 15.0 Å². The average Bonchev–Trinajstić information content (AvgIpc) is 2.53. The van der Waals surface area contributed by atoms with Crippen molar-refractivity contribution in [3.63, 3.8) is 0 Å². The second-order valence-corrected chi connectivity index (χ2v) is 4.90. The van der Waals surface area contributed by atoms with Gasteiger partial charge < -0.3 is 10.2 Å². The standard InChI is InChI=1S/C16H23N5/c1-4-14-15(17-5-2)19-12-20-16(14)21(3)11-9-13-8-6-7-10-18-13/h6-8,10,12H,4-5,9,11H2,1-3H3,(H,17,19,20). The fourth-order valence-corrected chi connectivity index (χ4v) is 2.31. The predicted octanol–water partition coefficient (Wildman–Crippen LogP) is 2.54. The molecule has 0 atom stereocenters. The van der Waals surface area contributed by atoms with Gasteiger partial charge in [-0.15, -0.1) is 0 Å². The molecule has 0 saturated carbocycles. The number of nitrogens with one attached hydrogen (secondary N) is 1. The zero-order chi connectivity index (χ0) is 15.1. The van der Waals surface area contributed by atoms with E-state index in [4.69, 9.17) is 0 Å². The molecular weight excluding hydrogens is 262 g/mol. The molecule has 0 saturated heterocycles. The second-order valence-electron chi connectivity index (χ2n) is 4.90. The summed E-state index contributed by atoms with van der Waals surface area (Å²) in [6.07, 6.45) is 5.28. The van der Waals surface area contributed by atoms with E-state index in [1.807, 2.05) is 18.3 Å². The maximum atomic E-state index is 4.46. The molecule has 0 amide bonds. The van der Waals surface area contributed by atoms with E-state index in [0.717, 1.165) is 43.3 Å². The van der Waals surface area contributed by atoms with Gasteiger partial charge in [0.15, 0.2) is 0 Å². The van der Waals surface area contributed by atoms with Crippen molar-refractivity contribution in [2.45, 2.75) is 26.7 Å². The van der Waals surface area contributed by atoms with Crippen LogP contribution < -0.4 is 10.2 Å². The molecule has 112 valence electrons. The van der Waals surface area contributed by atoms with Gasteiger partial charge >= 0.3 is 0 Å². The monoisotopic (exact) mass is 285 g/mol. The Hall–Kier alpha value is -2.17. The molecule has 0 aliphatic carbocycles. The lowest BCUT2D eigenvalue weighted by Crippen LogP contribution is -2.24. The first-order chi connectivity index (χ1) is 10.3. The van der Waals surface area contributed by atoms with Gasteiger partial charge in [-0.25, -0.2) is 9.97 Å². The molecule has 0 aliphatic heterocycles. The number of nitrogens with zero attached hydrogens (tertiary/aromatic N) is 4. The molecular formula is C16H23N5. The van der Waals surface area contributed by atoms with Crippen LogP contribution in [0.3, 0.4) is 0 Å². The van der Waals surface area contributed by atoms with Gasteiger partial charge in [-0.1, -0.05) is 13.0 Å². The molecule has 0 fully saturated rings. The summed E-state index contributed by atoms with van der Waals surface area (Å²) in [4.78, 5) is 15.3. The second kappa shape index (κ2) is 7.57. The molecule has 2 rings (SSSR count). The van der Waals surface area contributed by atoms with E-state index in [0.29, 0.717) is 0 Å². The van der Waals surface area contributed by atoms with Gasteiger partial charge in [0.1, 0.15) is 18.0 Å². The van der Waals surface area contributed by atoms with Gasteiger partial charge in [0.2, 0.25) is 0 Å². The molecule has 5 heteroatoms. The molecule has 2 aromatic rings. The van der Waals surface area contributed by atoms with Crippen LogP contribution in [-0.2, 0) is 12.8 Å². The third-order valence-electron chi connectivity index (χ3n) is 3.41. The third kappa shape index (κ3) is 3.90. The molecule has 21 heavy (non-hydrogen) atoms. The molecule has 1 N–H and O–H groups in total. The van der Waals surface area contributed by atoms with Crippen molar-refractivity contribution >= 4 is 11.6 Å². The van der Waals surface area contributed by atoms with Crippen molar-refractivity contribution in [3.05, 3.63) is 42.0 Å². The van der Waals surface area contributed by atoms with E-state index >= 15 is 0 Å². The third-order valence-corrected chi connectivity index (χ3v) is 3.41. The highest BCUT2D eigenvalue weighted by Crippen LogP contribution is 2.23. The summed E-state index contributed by atoms with van der Waals surface area (Å²) in [5.41, 5.74) is 2.27. The van der Waals surface area contributed by atoms with Crippen molar-refractivity contribution in [2.75, 3.05) is 30.4 Å². The Morgan fingerprint density at radius 2 is 2.00 bits per heavy atom. The van der Waals surface area contributed by atoms with Gasteiger partial charge in [-0.05, 0) is 25.5 Å². The molecule has 2 heterocycles. The highest BCUT2D eigenvalue weighted by Gasteiger charge is 2.13. The SMILES string of the molecule is CCNc1ncnc(N(C)CCc2ccccn2)c1CC. The fraction of sp³-hybridized carbons (Fsp3) is 0.438. The smallest absolute Gasteiger partial charge is 0.137 e. The van der Waals surface area contributed by atoms with E-state index in [1.165, 1.54) is 5.56 Å². The Bertz CT molecular complexity index is 556. The Morgan fingerprint density at radius 3 is 2.67 bits per heavy atom. The van der Waals surface area contributed by atoms with Crippen LogP contribution in [-0.4, -0.2) is 35.1 Å². The van der Waals surface area contributed by atoms with E-state index in [-0.39, 0.29) is 0 Å². The number of hydrogen-bond acceptors (Lipinski definition) is 5. The quantitative estimate of drug-likeness (QED) is 0.847. The Morgan fingerprint density at radius 1 is 1.14 bits per heavy atom. The highest BCUT2D eigenvalue weighted by molar-refractivity contribution is 5.58. The number of rotatable bonds is 7. The Kier molecular flexibility index (Phi) is 5.49. The summed E-state index contributed by atoms with van der Waals surface area (Å²) >= 11 is 0. The van der Waals surface area contributed by atoms with Crippen LogP contribution in [0.5, 0.6) is 0 Å². The summed E-state index contributed by atoms with van der Waals surface area (Å²) in [7, 11) is 2.07. The normalized spacial score (nSPS) is 10.4. The first-order valence-corrected chi connectivity index (χ1v) is 7.45. The number of aromatic nitrogens is 3. The Labute approximate surface area is 126 Å². The molecule has 2 aromatic heterocycles. The van der Waals surface area contributed by atoms with Gasteiger partial charge in [0.25, 0.3) is 0 Å². The summed E-state index contributed by atoms with van der Waals surface area (Å²) in [6, 6.07) is 6.02.